The lowest BCUT2D eigenvalue weighted by Gasteiger charge is -2.32. The second kappa shape index (κ2) is 7.00. The number of furan rings is 1. The van der Waals surface area contributed by atoms with Crippen molar-refractivity contribution in [3.63, 3.8) is 0 Å². The lowest BCUT2D eigenvalue weighted by Crippen LogP contribution is -2.46. The predicted molar refractivity (Wildman–Crippen MR) is 85.9 cm³/mol. The normalized spacial score (nSPS) is 18.3. The maximum absolute atomic E-state index is 11.5. The van der Waals surface area contributed by atoms with Gasteiger partial charge in [0, 0.05) is 38.8 Å². The van der Waals surface area contributed by atoms with Gasteiger partial charge in [0.2, 0.25) is 5.91 Å². The molecule has 3 rings (SSSR count). The second-order valence-corrected chi connectivity index (χ2v) is 5.88. The molecule has 1 atom stereocenters. The third-order valence-electron chi connectivity index (χ3n) is 4.08. The number of aromatic nitrogens is 2. The zero-order valence-corrected chi connectivity index (χ0v) is 13.7. The molecule has 1 amide bonds. The van der Waals surface area contributed by atoms with Crippen molar-refractivity contribution in [3.05, 3.63) is 30.3 Å². The smallest absolute Gasteiger partial charge is 0.219 e. The molecule has 124 valence electrons. The van der Waals surface area contributed by atoms with Crippen LogP contribution in [0.1, 0.15) is 26.0 Å². The number of aryl methyl sites for hydroxylation is 1. The Hall–Kier alpha value is -2.08. The summed E-state index contributed by atoms with van der Waals surface area (Å²) in [6, 6.07) is 3.97. The van der Waals surface area contributed by atoms with Crippen LogP contribution < -0.4 is 0 Å². The number of ether oxygens (including phenoxy) is 1. The molecular weight excluding hydrogens is 294 g/mol. The molecule has 1 aliphatic heterocycles. The molecule has 1 saturated heterocycles. The van der Waals surface area contributed by atoms with Gasteiger partial charge in [-0.3, -0.25) is 4.79 Å². The molecule has 0 saturated carbocycles. The lowest BCUT2D eigenvalue weighted by atomic mass is 10.2. The predicted octanol–water partition coefficient (Wildman–Crippen LogP) is 2.34. The molecule has 0 aromatic carbocycles. The molecule has 1 fully saturated rings. The van der Waals surface area contributed by atoms with Crippen molar-refractivity contribution >= 4 is 5.91 Å². The van der Waals surface area contributed by atoms with Gasteiger partial charge in [-0.1, -0.05) is 6.92 Å². The summed E-state index contributed by atoms with van der Waals surface area (Å²) in [6.45, 7) is 6.25. The van der Waals surface area contributed by atoms with Crippen molar-refractivity contribution in [1.29, 1.82) is 0 Å². The monoisotopic (exact) mass is 317 g/mol. The van der Waals surface area contributed by atoms with Crippen LogP contribution in [0.15, 0.2) is 28.9 Å². The van der Waals surface area contributed by atoms with Crippen molar-refractivity contribution in [1.82, 2.24) is 14.5 Å². The van der Waals surface area contributed by atoms with Gasteiger partial charge in [-0.15, -0.1) is 0 Å². The molecule has 0 N–H and O–H groups in total. The number of rotatable bonds is 5. The number of carbonyl (C=O) groups excluding carboxylic acids is 1. The Balaban J connectivity index is 1.71. The van der Waals surface area contributed by atoms with Crippen LogP contribution in [-0.2, 0) is 22.5 Å². The van der Waals surface area contributed by atoms with E-state index in [-0.39, 0.29) is 12.0 Å². The first-order valence-electron chi connectivity index (χ1n) is 8.14. The number of hydrogen-bond acceptors (Lipinski definition) is 4. The van der Waals surface area contributed by atoms with E-state index in [1.54, 1.807) is 13.1 Å². The second-order valence-electron chi connectivity index (χ2n) is 5.88. The van der Waals surface area contributed by atoms with E-state index in [0.717, 1.165) is 30.2 Å². The molecule has 6 nitrogen and oxygen atoms in total. The van der Waals surface area contributed by atoms with Crippen LogP contribution in [0.5, 0.6) is 0 Å². The Bertz CT molecular complexity index is 662. The molecule has 0 unspecified atom stereocenters. The summed E-state index contributed by atoms with van der Waals surface area (Å²) in [7, 11) is 0. The zero-order valence-electron chi connectivity index (χ0n) is 13.7. The summed E-state index contributed by atoms with van der Waals surface area (Å²) in [6.07, 6.45) is 5.65. The lowest BCUT2D eigenvalue weighted by molar-refractivity contribution is -0.136. The third-order valence-corrected chi connectivity index (χ3v) is 4.08. The van der Waals surface area contributed by atoms with Crippen LogP contribution in [0.25, 0.3) is 11.6 Å². The third kappa shape index (κ3) is 3.64. The maximum atomic E-state index is 11.5. The van der Waals surface area contributed by atoms with Gasteiger partial charge in [0.25, 0.3) is 0 Å². The highest BCUT2D eigenvalue weighted by atomic mass is 16.5. The fourth-order valence-corrected chi connectivity index (χ4v) is 2.90. The van der Waals surface area contributed by atoms with Crippen LogP contribution in [0, 0.1) is 0 Å². The van der Waals surface area contributed by atoms with Gasteiger partial charge in [0.15, 0.2) is 11.6 Å². The Morgan fingerprint density at radius 3 is 3.09 bits per heavy atom. The quantitative estimate of drug-likeness (QED) is 0.849. The van der Waals surface area contributed by atoms with Gasteiger partial charge < -0.3 is 18.6 Å². The fraction of sp³-hybridized carbons (Fsp3) is 0.529. The van der Waals surface area contributed by atoms with Gasteiger partial charge in [0.1, 0.15) is 5.76 Å². The molecule has 23 heavy (non-hydrogen) atoms. The molecule has 0 spiro atoms. The zero-order chi connectivity index (χ0) is 16.2. The average molecular weight is 317 g/mol. The first-order valence-corrected chi connectivity index (χ1v) is 8.14. The number of carbonyl (C=O) groups is 1. The number of morpholine rings is 1. The minimum Gasteiger partial charge on any atom is -0.458 e. The number of hydrogen-bond donors (Lipinski definition) is 0. The fourth-order valence-electron chi connectivity index (χ4n) is 2.90. The highest BCUT2D eigenvalue weighted by molar-refractivity contribution is 5.73. The van der Waals surface area contributed by atoms with Gasteiger partial charge in [-0.05, 0) is 18.6 Å². The largest absolute Gasteiger partial charge is 0.458 e. The summed E-state index contributed by atoms with van der Waals surface area (Å²) in [5.74, 6) is 2.65. The van der Waals surface area contributed by atoms with E-state index >= 15 is 0 Å². The molecule has 2 aromatic heterocycles. The summed E-state index contributed by atoms with van der Waals surface area (Å²) >= 11 is 0. The molecule has 2 aromatic rings. The molecule has 0 radical (unpaired) electrons. The van der Waals surface area contributed by atoms with Crippen molar-refractivity contribution in [2.24, 2.45) is 0 Å². The van der Waals surface area contributed by atoms with Crippen LogP contribution >= 0.6 is 0 Å². The van der Waals surface area contributed by atoms with Gasteiger partial charge in [-0.25, -0.2) is 4.98 Å². The maximum Gasteiger partial charge on any atom is 0.219 e. The van der Waals surface area contributed by atoms with E-state index in [1.807, 2.05) is 27.8 Å². The Morgan fingerprint density at radius 2 is 2.30 bits per heavy atom. The van der Waals surface area contributed by atoms with Gasteiger partial charge in [0.05, 0.1) is 19.3 Å². The Morgan fingerprint density at radius 1 is 1.43 bits per heavy atom. The van der Waals surface area contributed by atoms with Crippen molar-refractivity contribution in [3.8, 4) is 11.6 Å². The molecule has 1 aliphatic rings. The van der Waals surface area contributed by atoms with E-state index in [4.69, 9.17) is 9.15 Å². The first-order chi connectivity index (χ1) is 11.2. The SMILES string of the molecule is CCCc1ccc(-c2nccn2C[C@@H]2CN(C(C)=O)CCO2)o1. The molecule has 3 heterocycles. The Labute approximate surface area is 136 Å². The van der Waals surface area contributed by atoms with Crippen LogP contribution in [0.4, 0.5) is 0 Å². The summed E-state index contributed by atoms with van der Waals surface area (Å²) in [5, 5.41) is 0. The van der Waals surface area contributed by atoms with Crippen molar-refractivity contribution in [2.45, 2.75) is 39.3 Å². The Kier molecular flexibility index (Phi) is 4.81. The van der Waals surface area contributed by atoms with E-state index in [9.17, 15) is 4.79 Å². The summed E-state index contributed by atoms with van der Waals surface area (Å²) in [5.41, 5.74) is 0. The molecule has 0 bridgehead atoms. The minimum atomic E-state index is -0.0225. The molecule has 0 aliphatic carbocycles. The van der Waals surface area contributed by atoms with Crippen LogP contribution in [0.3, 0.4) is 0 Å². The molecular formula is C17H23N3O3. The van der Waals surface area contributed by atoms with Crippen molar-refractivity contribution < 1.29 is 13.9 Å². The first kappa shape index (κ1) is 15.8. The topological polar surface area (TPSA) is 60.5 Å². The highest BCUT2D eigenvalue weighted by Gasteiger charge is 2.23. The van der Waals surface area contributed by atoms with Crippen LogP contribution in [0.2, 0.25) is 0 Å². The number of nitrogens with zero attached hydrogens (tertiary/aromatic N) is 3. The average Bonchev–Trinajstić information content (AvgIpc) is 3.17. The molecule has 6 heteroatoms. The summed E-state index contributed by atoms with van der Waals surface area (Å²) in [4.78, 5) is 17.8. The van der Waals surface area contributed by atoms with Gasteiger partial charge in [-0.2, -0.15) is 0 Å². The standard InChI is InChI=1S/C17H23N3O3/c1-3-4-14-5-6-16(23-14)17-18-7-8-20(17)12-15-11-19(13(2)21)9-10-22-15/h5-8,15H,3-4,9-12H2,1-2H3/t15-/m0/s1. The number of amides is 1. The number of imidazole rings is 1. The summed E-state index contributed by atoms with van der Waals surface area (Å²) < 4.78 is 13.7. The van der Waals surface area contributed by atoms with Crippen molar-refractivity contribution in [2.75, 3.05) is 19.7 Å². The highest BCUT2D eigenvalue weighted by Crippen LogP contribution is 2.22. The van der Waals surface area contributed by atoms with Crippen LogP contribution in [-0.4, -0.2) is 46.2 Å². The van der Waals surface area contributed by atoms with E-state index < -0.39 is 0 Å². The van der Waals surface area contributed by atoms with E-state index in [1.165, 1.54) is 0 Å². The van der Waals surface area contributed by atoms with Gasteiger partial charge >= 0.3 is 0 Å². The minimum absolute atomic E-state index is 0.0225. The van der Waals surface area contributed by atoms with E-state index in [2.05, 4.69) is 11.9 Å². The van der Waals surface area contributed by atoms with E-state index in [0.29, 0.717) is 26.2 Å².